The summed E-state index contributed by atoms with van der Waals surface area (Å²) in [5, 5.41) is 9.30. The molecule has 0 fully saturated rings. The summed E-state index contributed by atoms with van der Waals surface area (Å²) in [5.74, 6) is 0.558. The maximum atomic E-state index is 11.4. The first-order chi connectivity index (χ1) is 9.74. The molecule has 102 valence electrons. The number of carbonyl (C=O) groups is 1. The van der Waals surface area contributed by atoms with Crippen molar-refractivity contribution in [2.75, 3.05) is 6.79 Å². The van der Waals surface area contributed by atoms with E-state index in [4.69, 9.17) is 14.2 Å². The number of hydrogen-bond acceptors (Lipinski definition) is 4. The van der Waals surface area contributed by atoms with Crippen LogP contribution in [-0.2, 0) is 4.79 Å². The number of aliphatic carboxylic acids is 1. The molecule has 2 aromatic carbocycles. The lowest BCUT2D eigenvalue weighted by Crippen LogP contribution is -2.18. The van der Waals surface area contributed by atoms with Crippen molar-refractivity contribution >= 4 is 5.97 Å². The SMILES string of the molecule is O=C(O)C(Oc1ccc2c(c1)OCO2)c1ccccc1. The topological polar surface area (TPSA) is 65.0 Å². The van der Waals surface area contributed by atoms with Crippen molar-refractivity contribution in [2.24, 2.45) is 0 Å². The Labute approximate surface area is 115 Å². The van der Waals surface area contributed by atoms with E-state index in [0.29, 0.717) is 22.8 Å². The second kappa shape index (κ2) is 5.13. The molecule has 1 atom stereocenters. The molecule has 0 radical (unpaired) electrons. The van der Waals surface area contributed by atoms with Gasteiger partial charge in [0.15, 0.2) is 11.5 Å². The Morgan fingerprint density at radius 1 is 1.10 bits per heavy atom. The van der Waals surface area contributed by atoms with Crippen molar-refractivity contribution in [3.8, 4) is 17.2 Å². The Balaban J connectivity index is 1.86. The molecule has 0 amide bonds. The fourth-order valence-electron chi connectivity index (χ4n) is 1.98. The normalized spacial score (nSPS) is 13.8. The molecular formula is C15H12O5. The summed E-state index contributed by atoms with van der Waals surface area (Å²) in [6.07, 6.45) is -1.06. The molecule has 1 heterocycles. The molecular weight excluding hydrogens is 260 g/mol. The van der Waals surface area contributed by atoms with Crippen LogP contribution in [0, 0.1) is 0 Å². The number of benzene rings is 2. The average Bonchev–Trinajstić information content (AvgIpc) is 2.93. The molecule has 0 bridgehead atoms. The number of rotatable bonds is 4. The third-order valence-corrected chi connectivity index (χ3v) is 2.92. The summed E-state index contributed by atoms with van der Waals surface area (Å²) in [6, 6.07) is 13.8. The standard InChI is InChI=1S/C15H12O5/c16-15(17)14(10-4-2-1-3-5-10)20-11-6-7-12-13(8-11)19-9-18-12/h1-8,14H,9H2,(H,16,17). The van der Waals surface area contributed by atoms with Gasteiger partial charge in [-0.2, -0.15) is 0 Å². The first-order valence-corrected chi connectivity index (χ1v) is 6.08. The third-order valence-electron chi connectivity index (χ3n) is 2.92. The maximum absolute atomic E-state index is 11.4. The molecule has 2 aromatic rings. The van der Waals surface area contributed by atoms with E-state index in [0.717, 1.165) is 0 Å². The van der Waals surface area contributed by atoms with Crippen LogP contribution in [0.1, 0.15) is 11.7 Å². The van der Waals surface area contributed by atoms with Crippen LogP contribution in [0.2, 0.25) is 0 Å². The summed E-state index contributed by atoms with van der Waals surface area (Å²) in [5.41, 5.74) is 0.581. The number of hydrogen-bond donors (Lipinski definition) is 1. The van der Waals surface area contributed by atoms with Gasteiger partial charge in [-0.3, -0.25) is 0 Å². The molecule has 5 heteroatoms. The van der Waals surface area contributed by atoms with Crippen molar-refractivity contribution in [2.45, 2.75) is 6.10 Å². The minimum Gasteiger partial charge on any atom is -0.478 e. The lowest BCUT2D eigenvalue weighted by Gasteiger charge is -2.15. The Hall–Kier alpha value is -2.69. The summed E-state index contributed by atoms with van der Waals surface area (Å²) < 4.78 is 16.0. The Bertz CT molecular complexity index is 623. The first kappa shape index (κ1) is 12.3. The first-order valence-electron chi connectivity index (χ1n) is 6.08. The molecule has 0 spiro atoms. The van der Waals surface area contributed by atoms with Gasteiger partial charge in [0.25, 0.3) is 0 Å². The number of carboxylic acids is 1. The molecule has 1 aliphatic heterocycles. The Kier molecular flexibility index (Phi) is 3.16. The van der Waals surface area contributed by atoms with Gasteiger partial charge in [-0.05, 0) is 12.1 Å². The zero-order chi connectivity index (χ0) is 13.9. The van der Waals surface area contributed by atoms with E-state index in [9.17, 15) is 9.90 Å². The lowest BCUT2D eigenvalue weighted by molar-refractivity contribution is -0.145. The van der Waals surface area contributed by atoms with Gasteiger partial charge in [0, 0.05) is 11.6 Å². The van der Waals surface area contributed by atoms with Crippen LogP contribution in [0.15, 0.2) is 48.5 Å². The van der Waals surface area contributed by atoms with E-state index in [1.54, 1.807) is 42.5 Å². The minimum absolute atomic E-state index is 0.166. The number of carboxylic acid groups (broad SMARTS) is 1. The van der Waals surface area contributed by atoms with Crippen LogP contribution in [0.5, 0.6) is 17.2 Å². The van der Waals surface area contributed by atoms with Crippen LogP contribution >= 0.6 is 0 Å². The van der Waals surface area contributed by atoms with Gasteiger partial charge in [-0.15, -0.1) is 0 Å². The number of fused-ring (bicyclic) bond motifs is 1. The fraction of sp³-hybridized carbons (Fsp3) is 0.133. The van der Waals surface area contributed by atoms with Crippen molar-refractivity contribution in [3.05, 3.63) is 54.1 Å². The van der Waals surface area contributed by atoms with Gasteiger partial charge < -0.3 is 19.3 Å². The molecule has 3 rings (SSSR count). The second-order valence-corrected chi connectivity index (χ2v) is 4.26. The molecule has 0 saturated heterocycles. The summed E-state index contributed by atoms with van der Waals surface area (Å²) >= 11 is 0. The van der Waals surface area contributed by atoms with E-state index in [1.807, 2.05) is 6.07 Å². The molecule has 0 saturated carbocycles. The van der Waals surface area contributed by atoms with Crippen LogP contribution in [0.4, 0.5) is 0 Å². The average molecular weight is 272 g/mol. The highest BCUT2D eigenvalue weighted by Crippen LogP contribution is 2.36. The van der Waals surface area contributed by atoms with E-state index in [1.165, 1.54) is 0 Å². The van der Waals surface area contributed by atoms with Crippen molar-refractivity contribution < 1.29 is 24.1 Å². The van der Waals surface area contributed by atoms with E-state index < -0.39 is 12.1 Å². The largest absolute Gasteiger partial charge is 0.478 e. The van der Waals surface area contributed by atoms with E-state index in [2.05, 4.69) is 0 Å². The highest BCUT2D eigenvalue weighted by atomic mass is 16.7. The molecule has 1 aliphatic rings. The zero-order valence-electron chi connectivity index (χ0n) is 10.5. The fourth-order valence-corrected chi connectivity index (χ4v) is 1.98. The van der Waals surface area contributed by atoms with E-state index >= 15 is 0 Å². The molecule has 20 heavy (non-hydrogen) atoms. The zero-order valence-corrected chi connectivity index (χ0v) is 10.5. The number of ether oxygens (including phenoxy) is 3. The predicted octanol–water partition coefficient (Wildman–Crippen LogP) is 2.62. The van der Waals surface area contributed by atoms with E-state index in [-0.39, 0.29) is 6.79 Å². The van der Waals surface area contributed by atoms with Gasteiger partial charge >= 0.3 is 5.97 Å². The maximum Gasteiger partial charge on any atom is 0.349 e. The molecule has 1 N–H and O–H groups in total. The van der Waals surface area contributed by atoms with Gasteiger partial charge in [-0.1, -0.05) is 30.3 Å². The third kappa shape index (κ3) is 2.38. The lowest BCUT2D eigenvalue weighted by atomic mass is 10.1. The Morgan fingerprint density at radius 3 is 2.60 bits per heavy atom. The van der Waals surface area contributed by atoms with Crippen LogP contribution in [-0.4, -0.2) is 17.9 Å². The van der Waals surface area contributed by atoms with Gasteiger partial charge in [0.05, 0.1) is 0 Å². The van der Waals surface area contributed by atoms with Gasteiger partial charge in [0.2, 0.25) is 12.9 Å². The smallest absolute Gasteiger partial charge is 0.349 e. The highest BCUT2D eigenvalue weighted by molar-refractivity contribution is 5.74. The molecule has 1 unspecified atom stereocenters. The van der Waals surface area contributed by atoms with Crippen LogP contribution in [0.25, 0.3) is 0 Å². The summed E-state index contributed by atoms with van der Waals surface area (Å²) in [4.78, 5) is 11.4. The van der Waals surface area contributed by atoms with Crippen LogP contribution in [0.3, 0.4) is 0 Å². The van der Waals surface area contributed by atoms with Gasteiger partial charge in [-0.25, -0.2) is 4.79 Å². The van der Waals surface area contributed by atoms with Crippen molar-refractivity contribution in [1.29, 1.82) is 0 Å². The summed E-state index contributed by atoms with van der Waals surface area (Å²) in [6.45, 7) is 0.166. The molecule has 0 aliphatic carbocycles. The highest BCUT2D eigenvalue weighted by Gasteiger charge is 2.23. The predicted molar refractivity (Wildman–Crippen MR) is 70.0 cm³/mol. The van der Waals surface area contributed by atoms with Crippen molar-refractivity contribution in [3.63, 3.8) is 0 Å². The van der Waals surface area contributed by atoms with Crippen molar-refractivity contribution in [1.82, 2.24) is 0 Å². The second-order valence-electron chi connectivity index (χ2n) is 4.26. The summed E-state index contributed by atoms with van der Waals surface area (Å²) in [7, 11) is 0. The Morgan fingerprint density at radius 2 is 1.85 bits per heavy atom. The van der Waals surface area contributed by atoms with Crippen LogP contribution < -0.4 is 14.2 Å². The minimum atomic E-state index is -1.06. The monoisotopic (exact) mass is 272 g/mol. The van der Waals surface area contributed by atoms with Gasteiger partial charge in [0.1, 0.15) is 5.75 Å². The quantitative estimate of drug-likeness (QED) is 0.926. The molecule has 0 aromatic heterocycles. The molecule has 5 nitrogen and oxygen atoms in total.